The van der Waals surface area contributed by atoms with Crippen LogP contribution in [0.4, 0.5) is 5.82 Å². The molecular weight excluding hydrogens is 286 g/mol. The predicted molar refractivity (Wildman–Crippen MR) is 81.0 cm³/mol. The van der Waals surface area contributed by atoms with Gasteiger partial charge in [-0.2, -0.15) is 4.98 Å². The molecule has 0 saturated carbocycles. The van der Waals surface area contributed by atoms with Crippen LogP contribution in [0.15, 0.2) is 29.7 Å². The van der Waals surface area contributed by atoms with Gasteiger partial charge in [-0.1, -0.05) is 19.9 Å². The molecule has 1 fully saturated rings. The lowest BCUT2D eigenvalue weighted by Crippen LogP contribution is -2.36. The van der Waals surface area contributed by atoms with E-state index in [-0.39, 0.29) is 11.7 Å². The molecule has 1 aromatic heterocycles. The first-order chi connectivity index (χ1) is 10.3. The van der Waals surface area contributed by atoms with Gasteiger partial charge in [0.05, 0.1) is 5.60 Å². The lowest BCUT2D eigenvalue weighted by molar-refractivity contribution is -0.154. The van der Waals surface area contributed by atoms with Gasteiger partial charge in [0, 0.05) is 19.0 Å². The Morgan fingerprint density at radius 3 is 2.86 bits per heavy atom. The third kappa shape index (κ3) is 2.64. The second kappa shape index (κ2) is 5.92. The largest absolute Gasteiger partial charge is 0.457 e. The molecule has 2 heterocycles. The Bertz CT molecular complexity index is 642. The normalized spacial score (nSPS) is 31.0. The number of nitrogens with two attached hydrogens (primary N) is 1. The van der Waals surface area contributed by atoms with Crippen molar-refractivity contribution in [2.45, 2.75) is 45.1 Å². The Morgan fingerprint density at radius 1 is 1.68 bits per heavy atom. The number of ether oxygens (including phenoxy) is 2. The van der Waals surface area contributed by atoms with Crippen LogP contribution in [0.25, 0.3) is 0 Å². The first-order valence-corrected chi connectivity index (χ1v) is 7.18. The number of hydrogen-bond donors (Lipinski definition) is 1. The van der Waals surface area contributed by atoms with Crippen LogP contribution in [0.2, 0.25) is 0 Å². The standard InChI is InChI=1S/C15H21N3O4/c1-5-15(6-2)9(3)12(21-10(4)19)13(22-15)18-8-7-11(16)17-14(18)20/h5,7-9,12-13H,1,6H2,2-4H3,(H2,16,17,20)/t9-,12+,13+,15+/m0/s1. The second-order valence-corrected chi connectivity index (χ2v) is 5.43. The fourth-order valence-electron chi connectivity index (χ4n) is 2.89. The van der Waals surface area contributed by atoms with Gasteiger partial charge in [0.1, 0.15) is 5.82 Å². The summed E-state index contributed by atoms with van der Waals surface area (Å²) < 4.78 is 12.8. The van der Waals surface area contributed by atoms with Crippen molar-refractivity contribution in [1.82, 2.24) is 9.55 Å². The maximum atomic E-state index is 12.1. The summed E-state index contributed by atoms with van der Waals surface area (Å²) in [6, 6.07) is 1.50. The molecule has 0 unspecified atom stereocenters. The molecule has 0 amide bonds. The van der Waals surface area contributed by atoms with Crippen molar-refractivity contribution in [2.24, 2.45) is 5.92 Å². The average Bonchev–Trinajstić information content (AvgIpc) is 2.73. The second-order valence-electron chi connectivity index (χ2n) is 5.43. The van der Waals surface area contributed by atoms with E-state index in [0.717, 1.165) is 0 Å². The van der Waals surface area contributed by atoms with Crippen molar-refractivity contribution in [3.8, 4) is 0 Å². The van der Waals surface area contributed by atoms with E-state index >= 15 is 0 Å². The molecule has 0 aromatic carbocycles. The lowest BCUT2D eigenvalue weighted by Gasteiger charge is -2.28. The number of aromatic nitrogens is 2. The van der Waals surface area contributed by atoms with E-state index in [1.54, 1.807) is 6.08 Å². The molecule has 1 aromatic rings. The summed E-state index contributed by atoms with van der Waals surface area (Å²) in [5.74, 6) is -0.465. The van der Waals surface area contributed by atoms with Crippen LogP contribution in [-0.2, 0) is 14.3 Å². The van der Waals surface area contributed by atoms with E-state index < -0.39 is 29.6 Å². The van der Waals surface area contributed by atoms with Crippen LogP contribution < -0.4 is 11.4 Å². The monoisotopic (exact) mass is 307 g/mol. The number of nitrogens with zero attached hydrogens (tertiary/aromatic N) is 2. The van der Waals surface area contributed by atoms with Gasteiger partial charge in [0.15, 0.2) is 12.3 Å². The van der Waals surface area contributed by atoms with E-state index in [1.807, 2.05) is 13.8 Å². The molecule has 1 saturated heterocycles. The Kier molecular flexibility index (Phi) is 4.37. The van der Waals surface area contributed by atoms with Crippen molar-refractivity contribution in [3.63, 3.8) is 0 Å². The molecule has 120 valence electrons. The van der Waals surface area contributed by atoms with Crippen LogP contribution in [-0.4, -0.2) is 27.2 Å². The zero-order chi connectivity index (χ0) is 16.5. The van der Waals surface area contributed by atoms with E-state index in [9.17, 15) is 9.59 Å². The molecule has 2 rings (SSSR count). The molecule has 7 nitrogen and oxygen atoms in total. The predicted octanol–water partition coefficient (Wildman–Crippen LogP) is 1.26. The molecule has 7 heteroatoms. The minimum Gasteiger partial charge on any atom is -0.457 e. The fraction of sp³-hybridized carbons (Fsp3) is 0.533. The smallest absolute Gasteiger partial charge is 0.351 e. The maximum absolute atomic E-state index is 12.1. The van der Waals surface area contributed by atoms with Gasteiger partial charge in [-0.3, -0.25) is 9.36 Å². The van der Waals surface area contributed by atoms with Crippen LogP contribution >= 0.6 is 0 Å². The molecule has 0 bridgehead atoms. The van der Waals surface area contributed by atoms with Crippen molar-refractivity contribution >= 4 is 11.8 Å². The number of rotatable bonds is 4. The zero-order valence-electron chi connectivity index (χ0n) is 13.0. The van der Waals surface area contributed by atoms with Crippen LogP contribution in [0, 0.1) is 5.92 Å². The van der Waals surface area contributed by atoms with Gasteiger partial charge in [0.2, 0.25) is 0 Å². The minimum atomic E-state index is -0.766. The summed E-state index contributed by atoms with van der Waals surface area (Å²) in [5.41, 5.74) is 4.28. The topological polar surface area (TPSA) is 96.4 Å². The van der Waals surface area contributed by atoms with E-state index in [0.29, 0.717) is 6.42 Å². The van der Waals surface area contributed by atoms with Gasteiger partial charge in [-0.05, 0) is 12.5 Å². The Morgan fingerprint density at radius 2 is 2.36 bits per heavy atom. The highest BCUT2D eigenvalue weighted by Crippen LogP contribution is 2.45. The summed E-state index contributed by atoms with van der Waals surface area (Å²) in [4.78, 5) is 27.2. The number of anilines is 1. The quantitative estimate of drug-likeness (QED) is 0.664. The van der Waals surface area contributed by atoms with Gasteiger partial charge >= 0.3 is 11.7 Å². The van der Waals surface area contributed by atoms with Gasteiger partial charge < -0.3 is 15.2 Å². The van der Waals surface area contributed by atoms with E-state index in [4.69, 9.17) is 15.2 Å². The number of nitrogen functional groups attached to an aromatic ring is 1. The van der Waals surface area contributed by atoms with Gasteiger partial charge in [-0.25, -0.2) is 4.79 Å². The van der Waals surface area contributed by atoms with Gasteiger partial charge in [0.25, 0.3) is 0 Å². The summed E-state index contributed by atoms with van der Waals surface area (Å²) in [6.45, 7) is 9.02. The van der Waals surface area contributed by atoms with Crippen LogP contribution in [0.3, 0.4) is 0 Å². The van der Waals surface area contributed by atoms with Crippen molar-refractivity contribution < 1.29 is 14.3 Å². The molecule has 0 aliphatic carbocycles. The summed E-state index contributed by atoms with van der Waals surface area (Å²) >= 11 is 0. The summed E-state index contributed by atoms with van der Waals surface area (Å²) in [5, 5.41) is 0. The fourth-order valence-corrected chi connectivity index (χ4v) is 2.89. The first-order valence-electron chi connectivity index (χ1n) is 7.18. The third-order valence-corrected chi connectivity index (χ3v) is 4.21. The minimum absolute atomic E-state index is 0.127. The summed E-state index contributed by atoms with van der Waals surface area (Å²) in [6.07, 6.45) is 2.46. The lowest BCUT2D eigenvalue weighted by atomic mass is 9.85. The first kappa shape index (κ1) is 16.2. The number of esters is 1. The van der Waals surface area contributed by atoms with Crippen molar-refractivity contribution in [3.05, 3.63) is 35.4 Å². The third-order valence-electron chi connectivity index (χ3n) is 4.21. The number of carbonyl (C=O) groups is 1. The number of carbonyl (C=O) groups excluding carboxylic acids is 1. The molecule has 0 spiro atoms. The molecule has 1 aliphatic heterocycles. The zero-order valence-corrected chi connectivity index (χ0v) is 13.0. The Balaban J connectivity index is 2.49. The Labute approximate surface area is 128 Å². The average molecular weight is 307 g/mol. The molecule has 4 atom stereocenters. The van der Waals surface area contributed by atoms with E-state index in [1.165, 1.54) is 23.8 Å². The highest BCUT2D eigenvalue weighted by atomic mass is 16.6. The number of hydrogen-bond acceptors (Lipinski definition) is 6. The highest BCUT2D eigenvalue weighted by Gasteiger charge is 2.52. The highest BCUT2D eigenvalue weighted by molar-refractivity contribution is 5.66. The Hall–Kier alpha value is -2.15. The molecule has 1 aliphatic rings. The van der Waals surface area contributed by atoms with Gasteiger partial charge in [-0.15, -0.1) is 6.58 Å². The molecule has 2 N–H and O–H groups in total. The summed E-state index contributed by atoms with van der Waals surface area (Å²) in [7, 11) is 0. The van der Waals surface area contributed by atoms with Crippen molar-refractivity contribution in [2.75, 3.05) is 5.73 Å². The molecule has 22 heavy (non-hydrogen) atoms. The maximum Gasteiger partial charge on any atom is 0.351 e. The van der Waals surface area contributed by atoms with Crippen LogP contribution in [0.1, 0.15) is 33.4 Å². The van der Waals surface area contributed by atoms with Crippen LogP contribution in [0.5, 0.6) is 0 Å². The molecule has 0 radical (unpaired) electrons. The molecular formula is C15H21N3O4. The SMILES string of the molecule is C=C[C@]1(CC)O[C@@H](n2ccc(N)nc2=O)[C@H](OC(C)=O)[C@@H]1C. The van der Waals surface area contributed by atoms with Crippen molar-refractivity contribution in [1.29, 1.82) is 0 Å². The van der Waals surface area contributed by atoms with E-state index in [2.05, 4.69) is 11.6 Å².